The van der Waals surface area contributed by atoms with Crippen LogP contribution in [0.2, 0.25) is 0 Å². The number of sulfonamides is 1. The van der Waals surface area contributed by atoms with Crippen LogP contribution in [-0.2, 0) is 14.8 Å². The maximum atomic E-state index is 12.6. The molecule has 0 aliphatic carbocycles. The lowest BCUT2D eigenvalue weighted by atomic mass is 10.1. The number of Topliss-reactive ketones (excluding diaryl/α,β-unsaturated/α-hetero) is 1. The second-order valence-corrected chi connectivity index (χ2v) is 9.06. The van der Waals surface area contributed by atoms with Gasteiger partial charge in [0.05, 0.1) is 6.26 Å². The molecule has 3 aromatic rings. The maximum absolute atomic E-state index is 12.6. The average molecular weight is 430 g/mol. The standard InChI is InChI=1S/C21H19NO5S2/c1-14(19(23)16-8-10-17(11-9-16)22-29(2,25)26)27-21(24)20-18(12-13-28-20)15-6-4-3-5-7-15/h3-14,22H,1-2H3/t14-/m0/s1. The molecule has 0 saturated heterocycles. The third-order valence-electron chi connectivity index (χ3n) is 4.06. The van der Waals surface area contributed by atoms with Gasteiger partial charge in [0.1, 0.15) is 4.88 Å². The smallest absolute Gasteiger partial charge is 0.349 e. The fraction of sp³-hybridized carbons (Fsp3) is 0.143. The Morgan fingerprint density at radius 2 is 1.66 bits per heavy atom. The summed E-state index contributed by atoms with van der Waals surface area (Å²) in [7, 11) is -3.40. The second kappa shape index (κ2) is 8.59. The summed E-state index contributed by atoms with van der Waals surface area (Å²) in [5, 5.41) is 1.80. The summed E-state index contributed by atoms with van der Waals surface area (Å²) in [5.74, 6) is -0.933. The molecular formula is C21H19NO5S2. The number of ether oxygens (including phenoxy) is 1. The SMILES string of the molecule is C[C@H](OC(=O)c1sccc1-c1ccccc1)C(=O)c1ccc(NS(C)(=O)=O)cc1. The zero-order valence-electron chi connectivity index (χ0n) is 15.8. The van der Waals surface area contributed by atoms with Crippen molar-refractivity contribution in [1.29, 1.82) is 0 Å². The number of rotatable bonds is 7. The van der Waals surface area contributed by atoms with Crippen molar-refractivity contribution in [3.63, 3.8) is 0 Å². The highest BCUT2D eigenvalue weighted by Gasteiger charge is 2.23. The Hall–Kier alpha value is -2.97. The first kappa shape index (κ1) is 20.8. The van der Waals surface area contributed by atoms with Crippen molar-refractivity contribution in [1.82, 2.24) is 0 Å². The molecular weight excluding hydrogens is 410 g/mol. The van der Waals surface area contributed by atoms with E-state index in [1.165, 1.54) is 42.5 Å². The van der Waals surface area contributed by atoms with E-state index in [1.54, 1.807) is 5.38 Å². The van der Waals surface area contributed by atoms with Crippen molar-refractivity contribution < 1.29 is 22.7 Å². The number of anilines is 1. The Morgan fingerprint density at radius 1 is 1.00 bits per heavy atom. The summed E-state index contributed by atoms with van der Waals surface area (Å²) >= 11 is 1.26. The molecule has 1 atom stereocenters. The highest BCUT2D eigenvalue weighted by molar-refractivity contribution is 7.92. The molecule has 0 spiro atoms. The van der Waals surface area contributed by atoms with Crippen LogP contribution in [0.1, 0.15) is 27.0 Å². The van der Waals surface area contributed by atoms with E-state index >= 15 is 0 Å². The molecule has 0 aliphatic rings. The molecule has 3 rings (SSSR count). The van der Waals surface area contributed by atoms with Crippen molar-refractivity contribution in [2.75, 3.05) is 11.0 Å². The van der Waals surface area contributed by atoms with Gasteiger partial charge in [0.2, 0.25) is 15.8 Å². The first-order chi connectivity index (χ1) is 13.7. The van der Waals surface area contributed by atoms with E-state index in [9.17, 15) is 18.0 Å². The molecule has 0 fully saturated rings. The number of benzene rings is 2. The van der Waals surface area contributed by atoms with E-state index in [2.05, 4.69) is 4.72 Å². The Balaban J connectivity index is 1.70. The predicted molar refractivity (Wildman–Crippen MR) is 114 cm³/mol. The van der Waals surface area contributed by atoms with Gasteiger partial charge < -0.3 is 4.74 Å². The number of thiophene rings is 1. The number of hydrogen-bond donors (Lipinski definition) is 1. The summed E-state index contributed by atoms with van der Waals surface area (Å²) in [4.78, 5) is 25.6. The molecule has 0 saturated carbocycles. The van der Waals surface area contributed by atoms with Gasteiger partial charge in [-0.3, -0.25) is 9.52 Å². The van der Waals surface area contributed by atoms with Crippen molar-refractivity contribution in [3.8, 4) is 11.1 Å². The molecule has 1 N–H and O–H groups in total. The third kappa shape index (κ3) is 5.30. The number of esters is 1. The van der Waals surface area contributed by atoms with Gasteiger partial charge in [0, 0.05) is 16.8 Å². The highest BCUT2D eigenvalue weighted by atomic mass is 32.2. The minimum atomic E-state index is -3.40. The minimum absolute atomic E-state index is 0.318. The topological polar surface area (TPSA) is 89.5 Å². The van der Waals surface area contributed by atoms with E-state index in [-0.39, 0.29) is 5.78 Å². The molecule has 0 radical (unpaired) electrons. The molecule has 6 nitrogen and oxygen atoms in total. The third-order valence-corrected chi connectivity index (χ3v) is 5.56. The molecule has 0 bridgehead atoms. The fourth-order valence-corrected chi connectivity index (χ4v) is 4.09. The van der Waals surface area contributed by atoms with Crippen molar-refractivity contribution >= 4 is 38.8 Å². The molecule has 1 heterocycles. The number of carbonyl (C=O) groups is 2. The zero-order chi connectivity index (χ0) is 21.0. The summed E-state index contributed by atoms with van der Waals surface area (Å²) < 4.78 is 30.2. The summed E-state index contributed by atoms with van der Waals surface area (Å²) in [5.41, 5.74) is 2.32. The predicted octanol–water partition coefficient (Wildman–Crippen LogP) is 4.21. The van der Waals surface area contributed by atoms with Gasteiger partial charge in [0.15, 0.2) is 6.10 Å². The van der Waals surface area contributed by atoms with E-state index in [0.717, 1.165) is 17.4 Å². The van der Waals surface area contributed by atoms with Crippen LogP contribution in [0.4, 0.5) is 5.69 Å². The largest absolute Gasteiger partial charge is 0.450 e. The molecule has 1 aromatic heterocycles. The van der Waals surface area contributed by atoms with Crippen LogP contribution in [0.5, 0.6) is 0 Å². The molecule has 8 heteroatoms. The molecule has 29 heavy (non-hydrogen) atoms. The second-order valence-electron chi connectivity index (χ2n) is 6.39. The molecule has 0 amide bonds. The van der Waals surface area contributed by atoms with Crippen molar-refractivity contribution in [3.05, 3.63) is 76.5 Å². The summed E-state index contributed by atoms with van der Waals surface area (Å²) in [6.07, 6.45) is 0.0592. The van der Waals surface area contributed by atoms with Crippen LogP contribution >= 0.6 is 11.3 Å². The normalized spacial score (nSPS) is 12.2. The fourth-order valence-electron chi connectivity index (χ4n) is 2.73. The van der Waals surface area contributed by atoms with E-state index in [1.807, 2.05) is 36.4 Å². The molecule has 2 aromatic carbocycles. The van der Waals surface area contributed by atoms with Crippen molar-refractivity contribution in [2.45, 2.75) is 13.0 Å². The number of carbonyl (C=O) groups excluding carboxylic acids is 2. The molecule has 0 aliphatic heterocycles. The number of hydrogen-bond acceptors (Lipinski definition) is 6. The van der Waals surface area contributed by atoms with Gasteiger partial charge in [-0.25, -0.2) is 13.2 Å². The summed E-state index contributed by atoms with van der Waals surface area (Å²) in [6, 6.07) is 17.3. The van der Waals surface area contributed by atoms with Gasteiger partial charge >= 0.3 is 5.97 Å². The Kier molecular flexibility index (Phi) is 6.14. The maximum Gasteiger partial charge on any atom is 0.349 e. The van der Waals surface area contributed by atoms with Gasteiger partial charge in [0.25, 0.3) is 0 Å². The Morgan fingerprint density at radius 3 is 2.28 bits per heavy atom. The van der Waals surface area contributed by atoms with Crippen LogP contribution in [0, 0.1) is 0 Å². The lowest BCUT2D eigenvalue weighted by molar-refractivity contribution is 0.0324. The van der Waals surface area contributed by atoms with E-state index < -0.39 is 22.1 Å². The van der Waals surface area contributed by atoms with Crippen LogP contribution in [-0.4, -0.2) is 32.5 Å². The van der Waals surface area contributed by atoms with Crippen LogP contribution in [0.25, 0.3) is 11.1 Å². The van der Waals surface area contributed by atoms with Crippen molar-refractivity contribution in [2.24, 2.45) is 0 Å². The first-order valence-corrected chi connectivity index (χ1v) is 11.5. The number of ketones is 1. The summed E-state index contributed by atoms with van der Waals surface area (Å²) in [6.45, 7) is 1.51. The molecule has 0 unspecified atom stereocenters. The number of nitrogens with one attached hydrogen (secondary N) is 1. The zero-order valence-corrected chi connectivity index (χ0v) is 17.4. The van der Waals surface area contributed by atoms with Crippen LogP contribution in [0.15, 0.2) is 66.0 Å². The van der Waals surface area contributed by atoms with Gasteiger partial charge in [-0.1, -0.05) is 30.3 Å². The average Bonchev–Trinajstić information content (AvgIpc) is 3.17. The molecule has 150 valence electrons. The minimum Gasteiger partial charge on any atom is -0.450 e. The highest BCUT2D eigenvalue weighted by Crippen LogP contribution is 2.29. The monoisotopic (exact) mass is 429 g/mol. The van der Waals surface area contributed by atoms with Gasteiger partial charge in [-0.15, -0.1) is 11.3 Å². The lowest BCUT2D eigenvalue weighted by Gasteiger charge is -2.13. The van der Waals surface area contributed by atoms with E-state index in [4.69, 9.17) is 4.74 Å². The Labute approximate surface area is 173 Å². The van der Waals surface area contributed by atoms with Crippen LogP contribution in [0.3, 0.4) is 0 Å². The quantitative estimate of drug-likeness (QED) is 0.449. The first-order valence-electron chi connectivity index (χ1n) is 8.70. The van der Waals surface area contributed by atoms with Gasteiger partial charge in [-0.05, 0) is 48.2 Å². The van der Waals surface area contributed by atoms with Gasteiger partial charge in [-0.2, -0.15) is 0 Å². The van der Waals surface area contributed by atoms with Crippen LogP contribution < -0.4 is 4.72 Å². The van der Waals surface area contributed by atoms with E-state index in [0.29, 0.717) is 16.1 Å². The Bertz CT molecular complexity index is 1120. The lowest BCUT2D eigenvalue weighted by Crippen LogP contribution is -2.24.